The number of nitrogens with zero attached hydrogens (tertiary/aromatic N) is 1. The maximum absolute atomic E-state index is 6.18. The summed E-state index contributed by atoms with van der Waals surface area (Å²) in [5.74, 6) is 0. The van der Waals surface area contributed by atoms with Crippen LogP contribution in [0.2, 0.25) is 0 Å². The van der Waals surface area contributed by atoms with E-state index < -0.39 is 0 Å². The minimum atomic E-state index is 0.375. The highest BCUT2D eigenvalue weighted by Gasteiger charge is 2.26. The zero-order valence-corrected chi connectivity index (χ0v) is 10.2. The van der Waals surface area contributed by atoms with Crippen molar-refractivity contribution in [2.24, 2.45) is 5.73 Å². The minimum Gasteiger partial charge on any atom is -0.380 e. The fraction of sp³-hybridized carbons (Fsp3) is 1.00. The summed E-state index contributed by atoms with van der Waals surface area (Å²) in [4.78, 5) is 2.49. The molecular weight excluding hydrogens is 188 g/mol. The lowest BCUT2D eigenvalue weighted by atomic mass is 9.90. The van der Waals surface area contributed by atoms with Gasteiger partial charge in [-0.05, 0) is 26.3 Å². The molecule has 1 rings (SSSR count). The van der Waals surface area contributed by atoms with Crippen molar-refractivity contribution in [1.29, 1.82) is 0 Å². The number of ether oxygens (including phenoxy) is 1. The second kappa shape index (κ2) is 7.20. The molecule has 0 bridgehead atoms. The molecule has 1 fully saturated rings. The summed E-state index contributed by atoms with van der Waals surface area (Å²) in [7, 11) is 0. The number of likely N-dealkylation sites (N-methyl/N-ethyl adjacent to an activating group) is 1. The Morgan fingerprint density at radius 1 is 1.27 bits per heavy atom. The average molecular weight is 214 g/mol. The van der Waals surface area contributed by atoms with Crippen LogP contribution < -0.4 is 5.73 Å². The quantitative estimate of drug-likeness (QED) is 0.683. The highest BCUT2D eigenvalue weighted by molar-refractivity contribution is 4.85. The molecule has 2 N–H and O–H groups in total. The van der Waals surface area contributed by atoms with Gasteiger partial charge in [0, 0.05) is 25.2 Å². The van der Waals surface area contributed by atoms with E-state index in [2.05, 4.69) is 11.8 Å². The maximum atomic E-state index is 6.18. The van der Waals surface area contributed by atoms with Crippen LogP contribution in [0.15, 0.2) is 0 Å². The molecule has 0 aromatic carbocycles. The number of hydrogen-bond acceptors (Lipinski definition) is 3. The highest BCUT2D eigenvalue weighted by Crippen LogP contribution is 2.21. The van der Waals surface area contributed by atoms with Crippen molar-refractivity contribution in [2.45, 2.75) is 51.6 Å². The van der Waals surface area contributed by atoms with Crippen LogP contribution in [0.4, 0.5) is 0 Å². The van der Waals surface area contributed by atoms with E-state index in [4.69, 9.17) is 10.5 Å². The number of hydrogen-bond donors (Lipinski definition) is 1. The van der Waals surface area contributed by atoms with Gasteiger partial charge in [0.05, 0.1) is 6.61 Å². The van der Waals surface area contributed by atoms with Gasteiger partial charge < -0.3 is 10.5 Å². The Hall–Kier alpha value is -0.120. The van der Waals surface area contributed by atoms with Gasteiger partial charge in [0.1, 0.15) is 0 Å². The molecule has 0 amide bonds. The fourth-order valence-electron chi connectivity index (χ4n) is 2.48. The van der Waals surface area contributed by atoms with E-state index in [-0.39, 0.29) is 0 Å². The molecule has 0 radical (unpaired) electrons. The Morgan fingerprint density at radius 3 is 2.60 bits per heavy atom. The minimum absolute atomic E-state index is 0.375. The lowest BCUT2D eigenvalue weighted by Gasteiger charge is -2.37. The lowest BCUT2D eigenvalue weighted by Crippen LogP contribution is -2.50. The molecule has 0 spiro atoms. The van der Waals surface area contributed by atoms with E-state index >= 15 is 0 Å². The number of nitrogens with two attached hydrogens (primary N) is 1. The molecule has 15 heavy (non-hydrogen) atoms. The third-order valence-corrected chi connectivity index (χ3v) is 3.38. The first-order chi connectivity index (χ1) is 7.29. The van der Waals surface area contributed by atoms with E-state index in [1.54, 1.807) is 0 Å². The molecule has 0 aromatic heterocycles. The molecule has 1 saturated carbocycles. The first kappa shape index (κ1) is 12.9. The van der Waals surface area contributed by atoms with Gasteiger partial charge in [0.15, 0.2) is 0 Å². The third-order valence-electron chi connectivity index (χ3n) is 3.38. The monoisotopic (exact) mass is 214 g/mol. The van der Waals surface area contributed by atoms with Crippen LogP contribution in [0.25, 0.3) is 0 Å². The molecule has 0 saturated heterocycles. The second-order valence-corrected chi connectivity index (χ2v) is 4.34. The molecule has 2 unspecified atom stereocenters. The summed E-state index contributed by atoms with van der Waals surface area (Å²) in [6, 6.07) is 0.963. The third kappa shape index (κ3) is 4.09. The molecule has 0 aromatic rings. The maximum Gasteiger partial charge on any atom is 0.0593 e. The van der Waals surface area contributed by atoms with Crippen molar-refractivity contribution >= 4 is 0 Å². The highest BCUT2D eigenvalue weighted by atomic mass is 16.5. The molecule has 0 aliphatic heterocycles. The van der Waals surface area contributed by atoms with Crippen molar-refractivity contribution in [3.63, 3.8) is 0 Å². The Balaban J connectivity index is 2.34. The van der Waals surface area contributed by atoms with Gasteiger partial charge >= 0.3 is 0 Å². The Bertz CT molecular complexity index is 164. The van der Waals surface area contributed by atoms with Gasteiger partial charge in [0.25, 0.3) is 0 Å². The SMILES string of the molecule is CCOCCN(CC)C1CCCCC1N. The van der Waals surface area contributed by atoms with Crippen molar-refractivity contribution < 1.29 is 4.74 Å². The van der Waals surface area contributed by atoms with Crippen LogP contribution in [-0.2, 0) is 4.74 Å². The first-order valence-electron chi connectivity index (χ1n) is 6.37. The van der Waals surface area contributed by atoms with Crippen molar-refractivity contribution in [3.8, 4) is 0 Å². The van der Waals surface area contributed by atoms with Crippen molar-refractivity contribution in [2.75, 3.05) is 26.3 Å². The first-order valence-corrected chi connectivity index (χ1v) is 6.37. The molecule has 0 heterocycles. The fourth-order valence-corrected chi connectivity index (χ4v) is 2.48. The van der Waals surface area contributed by atoms with Crippen LogP contribution >= 0.6 is 0 Å². The Morgan fingerprint density at radius 2 is 2.00 bits per heavy atom. The van der Waals surface area contributed by atoms with E-state index in [1.165, 1.54) is 25.7 Å². The topological polar surface area (TPSA) is 38.5 Å². The van der Waals surface area contributed by atoms with Gasteiger partial charge in [-0.2, -0.15) is 0 Å². The smallest absolute Gasteiger partial charge is 0.0593 e. The van der Waals surface area contributed by atoms with Crippen LogP contribution in [-0.4, -0.2) is 43.3 Å². The summed E-state index contributed by atoms with van der Waals surface area (Å²) in [5.41, 5.74) is 6.18. The molecule has 3 nitrogen and oxygen atoms in total. The van der Waals surface area contributed by atoms with E-state index in [9.17, 15) is 0 Å². The van der Waals surface area contributed by atoms with Crippen molar-refractivity contribution in [1.82, 2.24) is 4.90 Å². The molecule has 2 atom stereocenters. The second-order valence-electron chi connectivity index (χ2n) is 4.34. The predicted octanol–water partition coefficient (Wildman–Crippen LogP) is 1.61. The van der Waals surface area contributed by atoms with Gasteiger partial charge in [-0.25, -0.2) is 0 Å². The summed E-state index contributed by atoms with van der Waals surface area (Å²) in [6.07, 6.45) is 5.10. The molecule has 3 heteroatoms. The number of rotatable bonds is 6. The average Bonchev–Trinajstić information content (AvgIpc) is 2.26. The molecule has 90 valence electrons. The van der Waals surface area contributed by atoms with Crippen molar-refractivity contribution in [3.05, 3.63) is 0 Å². The summed E-state index contributed by atoms with van der Waals surface area (Å²) < 4.78 is 5.41. The zero-order chi connectivity index (χ0) is 11.1. The van der Waals surface area contributed by atoms with E-state index in [0.717, 1.165) is 26.3 Å². The largest absolute Gasteiger partial charge is 0.380 e. The standard InChI is InChI=1S/C12H26N2O/c1-3-14(9-10-15-4-2)12-8-6-5-7-11(12)13/h11-12H,3-10,13H2,1-2H3. The van der Waals surface area contributed by atoms with Gasteiger partial charge in [-0.15, -0.1) is 0 Å². The molecular formula is C12H26N2O. The summed E-state index contributed by atoms with van der Waals surface area (Å²) in [5, 5.41) is 0. The van der Waals surface area contributed by atoms with Gasteiger partial charge in [-0.3, -0.25) is 4.90 Å². The van der Waals surface area contributed by atoms with Crippen LogP contribution in [0, 0.1) is 0 Å². The van der Waals surface area contributed by atoms with Crippen LogP contribution in [0.3, 0.4) is 0 Å². The van der Waals surface area contributed by atoms with Gasteiger partial charge in [0.2, 0.25) is 0 Å². The van der Waals surface area contributed by atoms with Gasteiger partial charge in [-0.1, -0.05) is 19.8 Å². The summed E-state index contributed by atoms with van der Waals surface area (Å²) in [6.45, 7) is 8.03. The lowest BCUT2D eigenvalue weighted by molar-refractivity contribution is 0.0786. The van der Waals surface area contributed by atoms with Crippen LogP contribution in [0.1, 0.15) is 39.5 Å². The normalized spacial score (nSPS) is 27.2. The van der Waals surface area contributed by atoms with E-state index in [0.29, 0.717) is 12.1 Å². The predicted molar refractivity (Wildman–Crippen MR) is 64.0 cm³/mol. The summed E-state index contributed by atoms with van der Waals surface area (Å²) >= 11 is 0. The molecule has 1 aliphatic rings. The molecule has 1 aliphatic carbocycles. The van der Waals surface area contributed by atoms with Crippen LogP contribution in [0.5, 0.6) is 0 Å². The Labute approximate surface area is 94.0 Å². The van der Waals surface area contributed by atoms with E-state index in [1.807, 2.05) is 6.92 Å². The Kier molecular flexibility index (Phi) is 6.22. The zero-order valence-electron chi connectivity index (χ0n) is 10.2.